The number of amides is 1. The van der Waals surface area contributed by atoms with Crippen molar-refractivity contribution in [3.8, 4) is 0 Å². The molecule has 142 valence electrons. The normalized spacial score (nSPS) is 22.4. The number of nitrogens with one attached hydrogen (secondary N) is 2. The van der Waals surface area contributed by atoms with E-state index in [2.05, 4.69) is 10.1 Å². The van der Waals surface area contributed by atoms with E-state index in [1.54, 1.807) is 0 Å². The number of anilines is 1. The molecule has 0 unspecified atom stereocenters. The molecule has 8 nitrogen and oxygen atoms in total. The van der Waals surface area contributed by atoms with Gasteiger partial charge in [0.05, 0.1) is 31.0 Å². The highest BCUT2D eigenvalue weighted by atomic mass is 16.5. The quantitative estimate of drug-likeness (QED) is 0.707. The van der Waals surface area contributed by atoms with Crippen molar-refractivity contribution >= 4 is 23.5 Å². The molecule has 1 heterocycles. The highest BCUT2D eigenvalue weighted by Gasteiger charge is 2.27. The molecule has 26 heavy (non-hydrogen) atoms. The van der Waals surface area contributed by atoms with Crippen molar-refractivity contribution in [1.29, 1.82) is 0 Å². The van der Waals surface area contributed by atoms with Crippen LogP contribution < -0.4 is 10.2 Å². The fourth-order valence-corrected chi connectivity index (χ4v) is 3.14. The summed E-state index contributed by atoms with van der Waals surface area (Å²) in [6.07, 6.45) is 0.157. The van der Waals surface area contributed by atoms with Crippen LogP contribution in [-0.4, -0.2) is 63.9 Å². The summed E-state index contributed by atoms with van der Waals surface area (Å²) >= 11 is 0. The second-order valence-corrected chi connectivity index (χ2v) is 6.38. The second-order valence-electron chi connectivity index (χ2n) is 6.38. The third-order valence-electron chi connectivity index (χ3n) is 4.15. The molecule has 0 aliphatic carbocycles. The molecule has 0 spiro atoms. The van der Waals surface area contributed by atoms with Crippen LogP contribution in [0.1, 0.15) is 34.6 Å². The summed E-state index contributed by atoms with van der Waals surface area (Å²) in [5.74, 6) is -1.41. The Balaban J connectivity index is 2.16. The van der Waals surface area contributed by atoms with Crippen LogP contribution in [0.2, 0.25) is 0 Å². The molecule has 1 aromatic rings. The number of morpholine rings is 1. The first kappa shape index (κ1) is 19.9. The smallest absolute Gasteiger partial charge is 0.339 e. The van der Waals surface area contributed by atoms with Gasteiger partial charge in [0.1, 0.15) is 25.3 Å². The topological polar surface area (TPSA) is 95.4 Å². The number of hydrogen-bond donors (Lipinski definition) is 2. The highest BCUT2D eigenvalue weighted by molar-refractivity contribution is 6.03. The van der Waals surface area contributed by atoms with Gasteiger partial charge in [-0.1, -0.05) is 0 Å². The molecular formula is C18H25N2O6+. The van der Waals surface area contributed by atoms with Crippen LogP contribution in [0.5, 0.6) is 0 Å². The van der Waals surface area contributed by atoms with E-state index in [4.69, 9.17) is 9.47 Å². The zero-order valence-corrected chi connectivity index (χ0v) is 15.5. The molecule has 1 aromatic carbocycles. The summed E-state index contributed by atoms with van der Waals surface area (Å²) in [4.78, 5) is 37.2. The Kier molecular flexibility index (Phi) is 6.70. The summed E-state index contributed by atoms with van der Waals surface area (Å²) in [6, 6.07) is 4.29. The van der Waals surface area contributed by atoms with Crippen molar-refractivity contribution in [2.24, 2.45) is 0 Å². The average Bonchev–Trinajstić information content (AvgIpc) is 2.59. The van der Waals surface area contributed by atoms with Gasteiger partial charge in [-0.3, -0.25) is 4.79 Å². The largest absolute Gasteiger partial charge is 0.465 e. The van der Waals surface area contributed by atoms with Crippen LogP contribution in [0.25, 0.3) is 0 Å². The maximum Gasteiger partial charge on any atom is 0.339 e. The molecule has 2 N–H and O–H groups in total. The molecule has 1 aliphatic heterocycles. The van der Waals surface area contributed by atoms with Crippen molar-refractivity contribution in [2.45, 2.75) is 26.1 Å². The molecule has 0 aromatic heterocycles. The molecule has 1 amide bonds. The van der Waals surface area contributed by atoms with E-state index in [0.717, 1.165) is 18.0 Å². The Labute approximate surface area is 152 Å². The van der Waals surface area contributed by atoms with Crippen molar-refractivity contribution in [3.05, 3.63) is 29.3 Å². The maximum absolute atomic E-state index is 12.5. The minimum absolute atomic E-state index is 0.0785. The number of quaternary nitrogens is 1. The summed E-state index contributed by atoms with van der Waals surface area (Å²) in [6.45, 7) is 5.64. The van der Waals surface area contributed by atoms with Gasteiger partial charge in [0.2, 0.25) is 0 Å². The van der Waals surface area contributed by atoms with Gasteiger partial charge in [0.25, 0.3) is 5.91 Å². The van der Waals surface area contributed by atoms with Gasteiger partial charge in [-0.25, -0.2) is 9.59 Å². The Morgan fingerprint density at radius 3 is 2.31 bits per heavy atom. The first-order chi connectivity index (χ1) is 12.3. The van der Waals surface area contributed by atoms with Crippen LogP contribution in [0.3, 0.4) is 0 Å². The maximum atomic E-state index is 12.5. The molecule has 1 aliphatic rings. The van der Waals surface area contributed by atoms with Gasteiger partial charge >= 0.3 is 11.9 Å². The molecular weight excluding hydrogens is 340 g/mol. The lowest BCUT2D eigenvalue weighted by atomic mass is 10.1. The lowest BCUT2D eigenvalue weighted by molar-refractivity contribution is -0.907. The number of hydrogen-bond acceptors (Lipinski definition) is 6. The predicted molar refractivity (Wildman–Crippen MR) is 93.3 cm³/mol. The number of esters is 2. The standard InChI is InChI=1S/C18H24N2O6/c1-11-8-20(9-12(2)26-11)10-16(21)19-15-7-13(17(22)24-3)5-6-14(15)18(23)25-4/h5-7,11-12H,8-10H2,1-4H3,(H,19,21)/p+1/t11-,12-/m0/s1. The number of carbonyl (C=O) groups is 3. The zero-order chi connectivity index (χ0) is 19.3. The Bertz CT molecular complexity index is 680. The van der Waals surface area contributed by atoms with Gasteiger partial charge in [-0.15, -0.1) is 0 Å². The highest BCUT2D eigenvalue weighted by Crippen LogP contribution is 2.19. The van der Waals surface area contributed by atoms with E-state index in [9.17, 15) is 14.4 Å². The fourth-order valence-electron chi connectivity index (χ4n) is 3.14. The van der Waals surface area contributed by atoms with Crippen LogP contribution >= 0.6 is 0 Å². The molecule has 8 heteroatoms. The van der Waals surface area contributed by atoms with E-state index in [1.165, 1.54) is 32.4 Å². The molecule has 0 bridgehead atoms. The third kappa shape index (κ3) is 5.03. The van der Waals surface area contributed by atoms with E-state index in [1.807, 2.05) is 13.8 Å². The van der Waals surface area contributed by atoms with Crippen LogP contribution in [0.4, 0.5) is 5.69 Å². The Morgan fingerprint density at radius 1 is 1.12 bits per heavy atom. The van der Waals surface area contributed by atoms with Gasteiger partial charge in [-0.05, 0) is 32.0 Å². The summed E-state index contributed by atoms with van der Waals surface area (Å²) in [5, 5.41) is 2.71. The lowest BCUT2D eigenvalue weighted by Gasteiger charge is -2.31. The van der Waals surface area contributed by atoms with E-state index >= 15 is 0 Å². The van der Waals surface area contributed by atoms with Gasteiger partial charge in [-0.2, -0.15) is 0 Å². The van der Waals surface area contributed by atoms with Crippen LogP contribution in [0, 0.1) is 0 Å². The van der Waals surface area contributed by atoms with E-state index in [0.29, 0.717) is 0 Å². The van der Waals surface area contributed by atoms with E-state index < -0.39 is 11.9 Å². The van der Waals surface area contributed by atoms with Crippen LogP contribution in [0.15, 0.2) is 18.2 Å². The molecule has 0 saturated carbocycles. The number of benzene rings is 1. The average molecular weight is 365 g/mol. The second kappa shape index (κ2) is 8.77. The van der Waals surface area contributed by atoms with Crippen molar-refractivity contribution < 1.29 is 33.5 Å². The number of rotatable bonds is 5. The molecule has 2 atom stereocenters. The van der Waals surface area contributed by atoms with Crippen molar-refractivity contribution in [3.63, 3.8) is 0 Å². The Morgan fingerprint density at radius 2 is 1.73 bits per heavy atom. The summed E-state index contributed by atoms with van der Waals surface area (Å²) in [5.41, 5.74) is 0.627. The van der Waals surface area contributed by atoms with Gasteiger partial charge < -0.3 is 24.4 Å². The van der Waals surface area contributed by atoms with Crippen LogP contribution in [-0.2, 0) is 19.0 Å². The van der Waals surface area contributed by atoms with Gasteiger partial charge in [0, 0.05) is 0 Å². The van der Waals surface area contributed by atoms with Gasteiger partial charge in [0.15, 0.2) is 6.54 Å². The fraction of sp³-hybridized carbons (Fsp3) is 0.500. The predicted octanol–water partition coefficient (Wildman–Crippen LogP) is -0.110. The number of methoxy groups -OCH3 is 2. The lowest BCUT2D eigenvalue weighted by Crippen LogP contribution is -3.16. The molecule has 1 saturated heterocycles. The third-order valence-corrected chi connectivity index (χ3v) is 4.15. The monoisotopic (exact) mass is 365 g/mol. The zero-order valence-electron chi connectivity index (χ0n) is 15.5. The summed E-state index contributed by atoms with van der Waals surface area (Å²) < 4.78 is 15.1. The first-order valence-electron chi connectivity index (χ1n) is 8.43. The van der Waals surface area contributed by atoms with E-state index in [-0.39, 0.29) is 41.5 Å². The SMILES string of the molecule is COC(=O)c1ccc(C(=O)OC)c(NC(=O)C[NH+]2C[C@H](C)O[C@@H](C)C2)c1. The molecule has 1 fully saturated rings. The number of carbonyl (C=O) groups excluding carboxylic acids is 3. The van der Waals surface area contributed by atoms with Crippen molar-refractivity contribution in [2.75, 3.05) is 39.2 Å². The molecule has 0 radical (unpaired) electrons. The minimum atomic E-state index is -0.599. The first-order valence-corrected chi connectivity index (χ1v) is 8.43. The summed E-state index contributed by atoms with van der Waals surface area (Å²) in [7, 11) is 2.52. The molecule has 2 rings (SSSR count). The number of ether oxygens (including phenoxy) is 3. The minimum Gasteiger partial charge on any atom is -0.465 e. The van der Waals surface area contributed by atoms with Crippen molar-refractivity contribution in [1.82, 2.24) is 0 Å². The Hall–Kier alpha value is -2.45.